The second-order valence-corrected chi connectivity index (χ2v) is 6.66. The van der Waals surface area contributed by atoms with Gasteiger partial charge in [0.1, 0.15) is 0 Å². The fourth-order valence-corrected chi connectivity index (χ4v) is 3.14. The van der Waals surface area contributed by atoms with Gasteiger partial charge in [0.15, 0.2) is 5.78 Å². The van der Waals surface area contributed by atoms with Gasteiger partial charge in [-0.05, 0) is 29.4 Å². The third kappa shape index (κ3) is 3.78. The number of ketones is 1. The highest BCUT2D eigenvalue weighted by molar-refractivity contribution is 7.07. The molecule has 1 aromatic carbocycles. The minimum absolute atomic E-state index is 0.204. The van der Waals surface area contributed by atoms with Crippen molar-refractivity contribution in [2.45, 2.75) is 20.4 Å². The molecule has 0 unspecified atom stereocenters. The minimum atomic E-state index is -0.383. The van der Waals surface area contributed by atoms with Gasteiger partial charge in [0.05, 0.1) is 0 Å². The van der Waals surface area contributed by atoms with Crippen LogP contribution in [-0.2, 0) is 6.54 Å². The van der Waals surface area contributed by atoms with Gasteiger partial charge < -0.3 is 4.90 Å². The Morgan fingerprint density at radius 1 is 1.20 bits per heavy atom. The van der Waals surface area contributed by atoms with E-state index in [0.717, 1.165) is 18.7 Å². The van der Waals surface area contributed by atoms with Gasteiger partial charge >= 0.3 is 0 Å². The maximum absolute atomic E-state index is 12.6. The van der Waals surface area contributed by atoms with E-state index in [2.05, 4.69) is 28.8 Å². The highest BCUT2D eigenvalue weighted by Crippen LogP contribution is 2.23. The zero-order valence-corrected chi connectivity index (χ0v) is 13.1. The third-order valence-corrected chi connectivity index (χ3v) is 4.08. The lowest BCUT2D eigenvalue weighted by Gasteiger charge is -2.29. The number of Topliss-reactive ketones (excluding diaryl/α,β-unsaturated/α-hetero) is 1. The second-order valence-electron chi connectivity index (χ2n) is 5.88. The van der Waals surface area contributed by atoms with Crippen LogP contribution in [0.15, 0.2) is 47.2 Å². The van der Waals surface area contributed by atoms with Crippen LogP contribution in [0.25, 0.3) is 0 Å². The lowest BCUT2D eigenvalue weighted by Crippen LogP contribution is -2.37. The van der Waals surface area contributed by atoms with Crippen LogP contribution in [0.4, 0.5) is 0 Å². The molecule has 0 bridgehead atoms. The minimum Gasteiger partial charge on any atom is -0.301 e. The molecule has 2 nitrogen and oxygen atoms in total. The highest BCUT2D eigenvalue weighted by Gasteiger charge is 2.29. The van der Waals surface area contributed by atoms with Gasteiger partial charge in [0, 0.05) is 24.1 Å². The summed E-state index contributed by atoms with van der Waals surface area (Å²) < 4.78 is 0. The molecule has 0 saturated heterocycles. The van der Waals surface area contributed by atoms with Crippen molar-refractivity contribution in [1.82, 2.24) is 4.90 Å². The Hall–Kier alpha value is -1.45. The van der Waals surface area contributed by atoms with E-state index >= 15 is 0 Å². The van der Waals surface area contributed by atoms with E-state index in [-0.39, 0.29) is 11.2 Å². The van der Waals surface area contributed by atoms with Crippen LogP contribution >= 0.6 is 11.3 Å². The summed E-state index contributed by atoms with van der Waals surface area (Å²) in [4.78, 5) is 14.8. The smallest absolute Gasteiger partial charge is 0.169 e. The summed E-state index contributed by atoms with van der Waals surface area (Å²) in [5, 5.41) is 4.24. The quantitative estimate of drug-likeness (QED) is 0.746. The lowest BCUT2D eigenvalue weighted by molar-refractivity contribution is 0.0779. The number of hydrogen-bond acceptors (Lipinski definition) is 3. The molecule has 0 fully saturated rings. The molecule has 0 aliphatic carbocycles. The number of nitrogens with zero attached hydrogens (tertiary/aromatic N) is 1. The topological polar surface area (TPSA) is 20.3 Å². The van der Waals surface area contributed by atoms with Gasteiger partial charge in [0.25, 0.3) is 0 Å². The van der Waals surface area contributed by atoms with Crippen molar-refractivity contribution in [3.8, 4) is 0 Å². The summed E-state index contributed by atoms with van der Waals surface area (Å²) in [6.07, 6.45) is 0. The van der Waals surface area contributed by atoms with Gasteiger partial charge in [-0.1, -0.05) is 44.2 Å². The van der Waals surface area contributed by atoms with Gasteiger partial charge in [-0.25, -0.2) is 0 Å². The first-order chi connectivity index (χ1) is 9.49. The summed E-state index contributed by atoms with van der Waals surface area (Å²) in [5.74, 6) is 0.204. The summed E-state index contributed by atoms with van der Waals surface area (Å²) in [6, 6.07) is 11.7. The molecule has 0 aliphatic heterocycles. The molecule has 20 heavy (non-hydrogen) atoms. The van der Waals surface area contributed by atoms with E-state index in [1.807, 2.05) is 44.2 Å². The summed E-state index contributed by atoms with van der Waals surface area (Å²) in [6.45, 7) is 5.67. The third-order valence-electron chi connectivity index (χ3n) is 3.35. The molecular weight excluding hydrogens is 266 g/mol. The number of benzene rings is 1. The first-order valence-corrected chi connectivity index (χ1v) is 7.73. The molecule has 3 heteroatoms. The Bertz CT molecular complexity index is 546. The molecule has 0 saturated carbocycles. The molecule has 0 N–H and O–H groups in total. The maximum Gasteiger partial charge on any atom is 0.169 e. The second kappa shape index (κ2) is 6.33. The molecule has 0 atom stereocenters. The van der Waals surface area contributed by atoms with Crippen molar-refractivity contribution >= 4 is 17.1 Å². The number of carbonyl (C=O) groups is 1. The van der Waals surface area contributed by atoms with Crippen LogP contribution in [0.3, 0.4) is 0 Å². The highest BCUT2D eigenvalue weighted by atomic mass is 32.1. The first kappa shape index (κ1) is 14.9. The van der Waals surface area contributed by atoms with Gasteiger partial charge in [-0.2, -0.15) is 11.3 Å². The van der Waals surface area contributed by atoms with E-state index in [0.29, 0.717) is 0 Å². The lowest BCUT2D eigenvalue weighted by atomic mass is 9.83. The molecule has 0 spiro atoms. The Morgan fingerprint density at radius 3 is 2.50 bits per heavy atom. The Balaban J connectivity index is 2.01. The largest absolute Gasteiger partial charge is 0.301 e. The van der Waals surface area contributed by atoms with Crippen molar-refractivity contribution in [3.63, 3.8) is 0 Å². The molecule has 0 radical (unpaired) electrons. The zero-order chi connectivity index (χ0) is 14.6. The van der Waals surface area contributed by atoms with Crippen LogP contribution in [0.1, 0.15) is 29.8 Å². The number of carbonyl (C=O) groups excluding carboxylic acids is 1. The predicted octanol–water partition coefficient (Wildman–Crippen LogP) is 4.09. The van der Waals surface area contributed by atoms with E-state index in [9.17, 15) is 4.79 Å². The van der Waals surface area contributed by atoms with E-state index in [1.165, 1.54) is 5.56 Å². The normalized spacial score (nSPS) is 11.8. The van der Waals surface area contributed by atoms with Crippen molar-refractivity contribution in [2.24, 2.45) is 5.41 Å². The van der Waals surface area contributed by atoms with Crippen LogP contribution in [0, 0.1) is 5.41 Å². The maximum atomic E-state index is 12.6. The summed E-state index contributed by atoms with van der Waals surface area (Å²) in [7, 11) is 2.07. The molecule has 2 aromatic rings. The summed E-state index contributed by atoms with van der Waals surface area (Å²) >= 11 is 1.71. The van der Waals surface area contributed by atoms with Gasteiger partial charge in [-0.15, -0.1) is 0 Å². The zero-order valence-electron chi connectivity index (χ0n) is 12.3. The average molecular weight is 287 g/mol. The Labute approximate surface area is 125 Å². The van der Waals surface area contributed by atoms with Crippen molar-refractivity contribution in [3.05, 3.63) is 58.3 Å². The van der Waals surface area contributed by atoms with E-state index in [4.69, 9.17) is 0 Å². The van der Waals surface area contributed by atoms with Crippen LogP contribution in [-0.4, -0.2) is 24.3 Å². The van der Waals surface area contributed by atoms with Crippen LogP contribution < -0.4 is 0 Å². The van der Waals surface area contributed by atoms with Gasteiger partial charge in [0.2, 0.25) is 0 Å². The van der Waals surface area contributed by atoms with E-state index in [1.54, 1.807) is 11.3 Å². The van der Waals surface area contributed by atoms with E-state index < -0.39 is 0 Å². The first-order valence-electron chi connectivity index (χ1n) is 6.78. The molecule has 0 aliphatic rings. The van der Waals surface area contributed by atoms with Crippen molar-refractivity contribution in [1.29, 1.82) is 0 Å². The van der Waals surface area contributed by atoms with Crippen molar-refractivity contribution < 1.29 is 4.79 Å². The molecule has 1 heterocycles. The molecule has 106 valence electrons. The fraction of sp³-hybridized carbons (Fsp3) is 0.353. The average Bonchev–Trinajstić information content (AvgIpc) is 2.91. The monoisotopic (exact) mass is 287 g/mol. The molecule has 1 aromatic heterocycles. The van der Waals surface area contributed by atoms with Crippen molar-refractivity contribution in [2.75, 3.05) is 13.6 Å². The number of rotatable bonds is 6. The molecule has 0 amide bonds. The number of thiophene rings is 1. The Morgan fingerprint density at radius 2 is 1.90 bits per heavy atom. The number of hydrogen-bond donors (Lipinski definition) is 0. The summed E-state index contributed by atoms with van der Waals surface area (Å²) in [5.41, 5.74) is 1.72. The van der Waals surface area contributed by atoms with Gasteiger partial charge in [-0.3, -0.25) is 4.79 Å². The predicted molar refractivity (Wildman–Crippen MR) is 85.2 cm³/mol. The Kier molecular flexibility index (Phi) is 4.73. The standard InChI is InChI=1S/C17H21NOS/c1-17(2,16(19)15-7-5-4-6-8-15)13-18(3)11-14-9-10-20-12-14/h4-10,12H,11,13H2,1-3H3. The fourth-order valence-electron chi connectivity index (χ4n) is 2.48. The SMILES string of the molecule is CN(Cc1ccsc1)CC(C)(C)C(=O)c1ccccc1. The van der Waals surface area contributed by atoms with Crippen LogP contribution in [0.5, 0.6) is 0 Å². The molecule has 2 rings (SSSR count). The van der Waals surface area contributed by atoms with Crippen LogP contribution in [0.2, 0.25) is 0 Å². The molecular formula is C17H21NOS.